The van der Waals surface area contributed by atoms with Crippen LogP contribution in [0.25, 0.3) is 0 Å². The third-order valence-electron chi connectivity index (χ3n) is 5.61. The molecule has 0 bridgehead atoms. The maximum atomic E-state index is 12.9. The Morgan fingerprint density at radius 2 is 1.78 bits per heavy atom. The zero-order valence-electron chi connectivity index (χ0n) is 17.7. The molecule has 10 heteroatoms. The number of anilines is 2. The van der Waals surface area contributed by atoms with Gasteiger partial charge < -0.3 is 10.1 Å². The Balaban J connectivity index is 1.81. The molecule has 0 aromatic heterocycles. The first-order valence-corrected chi connectivity index (χ1v) is 11.7. The summed E-state index contributed by atoms with van der Waals surface area (Å²) in [5, 5.41) is 2.81. The highest BCUT2D eigenvalue weighted by Gasteiger charge is 2.31. The lowest BCUT2D eigenvalue weighted by molar-refractivity contribution is -0.137. The highest BCUT2D eigenvalue weighted by molar-refractivity contribution is 7.92. The molecule has 1 aliphatic carbocycles. The van der Waals surface area contributed by atoms with Crippen molar-refractivity contribution in [1.29, 1.82) is 0 Å². The molecule has 2 aromatic rings. The van der Waals surface area contributed by atoms with E-state index in [0.29, 0.717) is 11.8 Å². The first kappa shape index (κ1) is 23.9. The molecule has 0 radical (unpaired) electrons. The van der Waals surface area contributed by atoms with Crippen LogP contribution in [-0.4, -0.2) is 21.4 Å². The number of carbonyl (C=O) groups is 1. The number of methoxy groups -OCH3 is 1. The number of amides is 1. The monoisotopic (exact) mass is 470 g/mol. The van der Waals surface area contributed by atoms with Crippen LogP contribution in [0.1, 0.15) is 38.2 Å². The molecule has 32 heavy (non-hydrogen) atoms. The minimum atomic E-state index is -4.60. The Morgan fingerprint density at radius 1 is 1.06 bits per heavy atom. The molecule has 0 saturated heterocycles. The van der Waals surface area contributed by atoms with Crippen LogP contribution < -0.4 is 14.8 Å². The molecule has 2 atom stereocenters. The average Bonchev–Trinajstić information content (AvgIpc) is 2.73. The zero-order valence-corrected chi connectivity index (χ0v) is 18.5. The largest absolute Gasteiger partial charge is 0.495 e. The van der Waals surface area contributed by atoms with Gasteiger partial charge in [0.15, 0.2) is 0 Å². The molecule has 174 valence electrons. The van der Waals surface area contributed by atoms with Gasteiger partial charge in [0.2, 0.25) is 5.91 Å². The van der Waals surface area contributed by atoms with Gasteiger partial charge in [0, 0.05) is 23.4 Å². The second-order valence-corrected chi connectivity index (χ2v) is 9.56. The topological polar surface area (TPSA) is 84.5 Å². The third kappa shape index (κ3) is 5.53. The summed E-state index contributed by atoms with van der Waals surface area (Å²) in [4.78, 5) is 12.4. The molecule has 1 aliphatic rings. The van der Waals surface area contributed by atoms with Crippen LogP contribution in [0.2, 0.25) is 0 Å². The summed E-state index contributed by atoms with van der Waals surface area (Å²) >= 11 is 0. The van der Waals surface area contributed by atoms with Crippen molar-refractivity contribution in [2.45, 2.75) is 43.7 Å². The maximum Gasteiger partial charge on any atom is 0.416 e. The standard InChI is InChI=1S/C22H25F3N2O4S/c1-14-6-3-4-9-18(14)21(28)26-16-10-11-20(19(13-16)31-2)32(29,30)27-17-8-5-7-15(12-17)22(23,24)25/h5,7-8,10-14,18,27H,3-4,6,9H2,1-2H3,(H,26,28). The maximum absolute atomic E-state index is 12.9. The fourth-order valence-electron chi connectivity index (χ4n) is 3.88. The predicted molar refractivity (Wildman–Crippen MR) is 115 cm³/mol. The number of hydrogen-bond donors (Lipinski definition) is 2. The number of benzene rings is 2. The molecule has 2 aromatic carbocycles. The van der Waals surface area contributed by atoms with Crippen molar-refractivity contribution < 1.29 is 31.1 Å². The first-order chi connectivity index (χ1) is 15.0. The molecule has 3 rings (SSSR count). The van der Waals surface area contributed by atoms with Gasteiger partial charge >= 0.3 is 6.18 Å². The zero-order chi connectivity index (χ0) is 23.5. The van der Waals surface area contributed by atoms with Crippen LogP contribution in [0, 0.1) is 11.8 Å². The lowest BCUT2D eigenvalue weighted by Gasteiger charge is -2.27. The molecule has 1 saturated carbocycles. The smallest absolute Gasteiger partial charge is 0.416 e. The number of ether oxygens (including phenoxy) is 1. The molecule has 6 nitrogen and oxygen atoms in total. The van der Waals surface area contributed by atoms with Crippen LogP contribution in [-0.2, 0) is 21.0 Å². The molecule has 0 spiro atoms. The van der Waals surface area contributed by atoms with Crippen molar-refractivity contribution in [2.75, 3.05) is 17.1 Å². The molecular weight excluding hydrogens is 445 g/mol. The molecule has 1 amide bonds. The van der Waals surface area contributed by atoms with Crippen LogP contribution in [0.4, 0.5) is 24.5 Å². The van der Waals surface area contributed by atoms with Gasteiger partial charge in [0.25, 0.3) is 10.0 Å². The Labute approximate surface area is 185 Å². The van der Waals surface area contributed by atoms with E-state index in [9.17, 15) is 26.4 Å². The van der Waals surface area contributed by atoms with Gasteiger partial charge in [-0.05, 0) is 49.1 Å². The van der Waals surface area contributed by atoms with Crippen molar-refractivity contribution in [1.82, 2.24) is 0 Å². The molecular formula is C22H25F3N2O4S. The van der Waals surface area contributed by atoms with Crippen LogP contribution in [0.15, 0.2) is 47.4 Å². The summed E-state index contributed by atoms with van der Waals surface area (Å²) in [6.45, 7) is 2.04. The molecule has 0 aliphatic heterocycles. The molecule has 2 N–H and O–H groups in total. The van der Waals surface area contributed by atoms with Crippen molar-refractivity contribution in [3.05, 3.63) is 48.0 Å². The second-order valence-electron chi connectivity index (χ2n) is 7.91. The molecule has 0 heterocycles. The minimum absolute atomic E-state index is 0.0426. The van der Waals surface area contributed by atoms with E-state index in [2.05, 4.69) is 10.0 Å². The number of alkyl halides is 3. The van der Waals surface area contributed by atoms with E-state index in [-0.39, 0.29) is 34.1 Å². The Bertz CT molecular complexity index is 1090. The number of hydrogen-bond acceptors (Lipinski definition) is 4. The van der Waals surface area contributed by atoms with Gasteiger partial charge in [-0.25, -0.2) is 8.42 Å². The normalized spacial score (nSPS) is 19.3. The van der Waals surface area contributed by atoms with E-state index in [4.69, 9.17) is 4.74 Å². The number of carbonyl (C=O) groups excluding carboxylic acids is 1. The summed E-state index contributed by atoms with van der Waals surface area (Å²) in [6, 6.07) is 7.95. The fraction of sp³-hybridized carbons (Fsp3) is 0.409. The number of sulfonamides is 1. The quantitative estimate of drug-likeness (QED) is 0.602. The highest BCUT2D eigenvalue weighted by Crippen LogP contribution is 2.34. The van der Waals surface area contributed by atoms with Crippen molar-refractivity contribution in [3.8, 4) is 5.75 Å². The highest BCUT2D eigenvalue weighted by atomic mass is 32.2. The number of halogens is 3. The van der Waals surface area contributed by atoms with Crippen molar-refractivity contribution in [3.63, 3.8) is 0 Å². The van der Waals surface area contributed by atoms with Crippen molar-refractivity contribution >= 4 is 27.3 Å². The Kier molecular flexibility index (Phi) is 7.02. The predicted octanol–water partition coefficient (Wildman–Crippen LogP) is 5.28. The van der Waals surface area contributed by atoms with E-state index in [1.807, 2.05) is 6.92 Å². The number of rotatable bonds is 6. The van der Waals surface area contributed by atoms with E-state index in [0.717, 1.165) is 37.8 Å². The van der Waals surface area contributed by atoms with E-state index < -0.39 is 21.8 Å². The van der Waals surface area contributed by atoms with Crippen LogP contribution in [0.3, 0.4) is 0 Å². The van der Waals surface area contributed by atoms with Gasteiger partial charge in [0.05, 0.1) is 12.7 Å². The Hall–Kier alpha value is -2.75. The van der Waals surface area contributed by atoms with Gasteiger partial charge in [-0.15, -0.1) is 0 Å². The summed E-state index contributed by atoms with van der Waals surface area (Å²) in [7, 11) is -2.98. The lowest BCUT2D eigenvalue weighted by Crippen LogP contribution is -2.30. The lowest BCUT2D eigenvalue weighted by atomic mass is 9.80. The minimum Gasteiger partial charge on any atom is -0.495 e. The second kappa shape index (κ2) is 9.40. The van der Waals surface area contributed by atoms with Crippen molar-refractivity contribution in [2.24, 2.45) is 11.8 Å². The molecule has 2 unspecified atom stereocenters. The fourth-order valence-corrected chi connectivity index (χ4v) is 5.08. The third-order valence-corrected chi connectivity index (χ3v) is 7.03. The van der Waals surface area contributed by atoms with Crippen LogP contribution >= 0.6 is 0 Å². The summed E-state index contributed by atoms with van der Waals surface area (Å²) < 4.78 is 71.7. The van der Waals surface area contributed by atoms with Crippen LogP contribution in [0.5, 0.6) is 5.75 Å². The summed E-state index contributed by atoms with van der Waals surface area (Å²) in [5.74, 6) is -0.0152. The van der Waals surface area contributed by atoms with E-state index in [1.54, 1.807) is 0 Å². The van der Waals surface area contributed by atoms with Gasteiger partial charge in [-0.2, -0.15) is 13.2 Å². The first-order valence-electron chi connectivity index (χ1n) is 10.2. The average molecular weight is 471 g/mol. The van der Waals surface area contributed by atoms with Gasteiger partial charge in [-0.1, -0.05) is 25.8 Å². The Morgan fingerprint density at radius 3 is 2.44 bits per heavy atom. The SMILES string of the molecule is COc1cc(NC(=O)C2CCCCC2C)ccc1S(=O)(=O)Nc1cccc(C(F)(F)F)c1. The summed E-state index contributed by atoms with van der Waals surface area (Å²) in [6.07, 6.45) is -0.722. The van der Waals surface area contributed by atoms with E-state index in [1.165, 1.54) is 31.4 Å². The number of nitrogens with one attached hydrogen (secondary N) is 2. The summed E-state index contributed by atoms with van der Waals surface area (Å²) in [5.41, 5.74) is -0.826. The molecule has 1 fully saturated rings. The van der Waals surface area contributed by atoms with Gasteiger partial charge in [0.1, 0.15) is 10.6 Å². The van der Waals surface area contributed by atoms with E-state index >= 15 is 0 Å². The van der Waals surface area contributed by atoms with Gasteiger partial charge in [-0.3, -0.25) is 9.52 Å².